The van der Waals surface area contributed by atoms with Crippen molar-refractivity contribution in [3.63, 3.8) is 0 Å². The zero-order valence-electron chi connectivity index (χ0n) is 21.3. The molecule has 0 saturated heterocycles. The lowest BCUT2D eigenvalue weighted by atomic mass is 9.91. The minimum absolute atomic E-state index is 0.0931. The summed E-state index contributed by atoms with van der Waals surface area (Å²) in [6.45, 7) is 0.853. The number of nitrogens with zero attached hydrogens (tertiary/aromatic N) is 1. The number of H-pyrrole nitrogens is 1. The minimum Gasteiger partial charge on any atom is -0.497 e. The van der Waals surface area contributed by atoms with Crippen LogP contribution in [0.1, 0.15) is 38.8 Å². The number of carbonyl (C=O) groups is 1. The van der Waals surface area contributed by atoms with Crippen molar-refractivity contribution in [1.29, 1.82) is 0 Å². The fourth-order valence-corrected chi connectivity index (χ4v) is 5.54. The molecular formula is C32H26ClFN2O3. The summed E-state index contributed by atoms with van der Waals surface area (Å²) in [6.07, 6.45) is 0.606. The number of carbonyl (C=O) groups excluding carboxylic acids is 1. The maximum absolute atomic E-state index is 14.8. The molecule has 6 rings (SSSR count). The maximum Gasteiger partial charge on any atom is 0.259 e. The summed E-state index contributed by atoms with van der Waals surface area (Å²) in [5.41, 5.74) is 4.79. The lowest BCUT2D eigenvalue weighted by Gasteiger charge is -2.36. The molecule has 0 bridgehead atoms. The van der Waals surface area contributed by atoms with Gasteiger partial charge in [0.1, 0.15) is 23.9 Å². The molecule has 4 aromatic carbocycles. The number of hydrogen-bond acceptors (Lipinski definition) is 3. The molecule has 2 heterocycles. The highest BCUT2D eigenvalue weighted by Gasteiger charge is 2.36. The number of nitrogens with one attached hydrogen (secondary N) is 1. The molecular weight excluding hydrogens is 515 g/mol. The van der Waals surface area contributed by atoms with Crippen LogP contribution in [0.5, 0.6) is 11.5 Å². The number of benzene rings is 4. The number of methoxy groups -OCH3 is 1. The maximum atomic E-state index is 14.8. The predicted molar refractivity (Wildman–Crippen MR) is 150 cm³/mol. The zero-order chi connectivity index (χ0) is 26.9. The van der Waals surface area contributed by atoms with E-state index in [1.807, 2.05) is 72.8 Å². The van der Waals surface area contributed by atoms with Gasteiger partial charge in [-0.05, 0) is 65.6 Å². The summed E-state index contributed by atoms with van der Waals surface area (Å²) in [5.74, 6) is 0.393. The molecule has 0 unspecified atom stereocenters. The number of aromatic amines is 1. The second kappa shape index (κ2) is 10.5. The van der Waals surface area contributed by atoms with Crippen molar-refractivity contribution in [2.24, 2.45) is 0 Å². The Balaban J connectivity index is 1.40. The Bertz CT molecular complexity index is 1630. The lowest BCUT2D eigenvalue weighted by Crippen LogP contribution is -2.41. The average Bonchev–Trinajstić information content (AvgIpc) is 3.34. The molecule has 1 aromatic heterocycles. The molecule has 0 aliphatic carbocycles. The molecule has 0 fully saturated rings. The first-order chi connectivity index (χ1) is 19.0. The van der Waals surface area contributed by atoms with Crippen molar-refractivity contribution in [2.75, 3.05) is 13.7 Å². The molecule has 7 heteroatoms. The van der Waals surface area contributed by atoms with Gasteiger partial charge in [-0.25, -0.2) is 4.39 Å². The summed E-state index contributed by atoms with van der Waals surface area (Å²) in [5, 5.41) is 1.14. The molecule has 1 aliphatic rings. The van der Waals surface area contributed by atoms with E-state index in [-0.39, 0.29) is 10.6 Å². The molecule has 0 saturated carbocycles. The number of rotatable bonds is 6. The number of amides is 1. The van der Waals surface area contributed by atoms with Crippen LogP contribution in [-0.4, -0.2) is 29.4 Å². The van der Waals surface area contributed by atoms with Crippen LogP contribution in [0.2, 0.25) is 5.02 Å². The molecule has 1 aliphatic heterocycles. The molecule has 196 valence electrons. The SMILES string of the molecule is COc1ccc2[nH]c3c(c2c1)CCN(C(=O)c1c(F)cccc1Cl)[C@@H]3c1ccc(OCc2ccccc2)cc1. The first-order valence-corrected chi connectivity index (χ1v) is 13.1. The van der Waals surface area contributed by atoms with E-state index in [1.54, 1.807) is 12.0 Å². The molecule has 1 atom stereocenters. The quantitative estimate of drug-likeness (QED) is 0.245. The number of fused-ring (bicyclic) bond motifs is 3. The van der Waals surface area contributed by atoms with Crippen LogP contribution in [0.4, 0.5) is 4.39 Å². The van der Waals surface area contributed by atoms with Gasteiger partial charge in [0.2, 0.25) is 0 Å². The van der Waals surface area contributed by atoms with Crippen LogP contribution < -0.4 is 9.47 Å². The summed E-state index contributed by atoms with van der Waals surface area (Å²) < 4.78 is 26.3. The molecule has 39 heavy (non-hydrogen) atoms. The fourth-order valence-electron chi connectivity index (χ4n) is 5.29. The van der Waals surface area contributed by atoms with Gasteiger partial charge in [0.15, 0.2) is 0 Å². The van der Waals surface area contributed by atoms with E-state index < -0.39 is 17.8 Å². The summed E-state index contributed by atoms with van der Waals surface area (Å²) in [7, 11) is 1.64. The standard InChI is InChI=1S/C32H26ClFN2O3/c1-38-23-14-15-28-25(18-23)24-16-17-36(32(37)29-26(33)8-5-9-27(29)34)31(30(24)35-28)21-10-12-22(13-11-21)39-19-20-6-3-2-4-7-20/h2-15,18,31,35H,16-17,19H2,1H3/t31-/m1/s1. The van der Waals surface area contributed by atoms with E-state index in [2.05, 4.69) is 4.98 Å². The summed E-state index contributed by atoms with van der Waals surface area (Å²) in [4.78, 5) is 19.0. The number of aromatic nitrogens is 1. The van der Waals surface area contributed by atoms with Crippen molar-refractivity contribution in [1.82, 2.24) is 9.88 Å². The first-order valence-electron chi connectivity index (χ1n) is 12.7. The zero-order valence-corrected chi connectivity index (χ0v) is 22.0. The van der Waals surface area contributed by atoms with E-state index in [9.17, 15) is 9.18 Å². The highest BCUT2D eigenvalue weighted by Crippen LogP contribution is 2.41. The summed E-state index contributed by atoms with van der Waals surface area (Å²) in [6, 6.07) is 27.4. The van der Waals surface area contributed by atoms with E-state index in [0.29, 0.717) is 19.6 Å². The molecule has 5 aromatic rings. The Hall–Kier alpha value is -4.29. The van der Waals surface area contributed by atoms with Crippen LogP contribution in [0, 0.1) is 5.82 Å². The van der Waals surface area contributed by atoms with E-state index in [4.69, 9.17) is 21.1 Å². The van der Waals surface area contributed by atoms with E-state index in [0.717, 1.165) is 44.8 Å². The van der Waals surface area contributed by atoms with Gasteiger partial charge in [-0.2, -0.15) is 0 Å². The van der Waals surface area contributed by atoms with Gasteiger partial charge in [-0.1, -0.05) is 60.1 Å². The van der Waals surface area contributed by atoms with Crippen molar-refractivity contribution in [3.05, 3.63) is 130 Å². The second-order valence-corrected chi connectivity index (χ2v) is 9.93. The Morgan fingerprint density at radius 2 is 1.77 bits per heavy atom. The lowest BCUT2D eigenvalue weighted by molar-refractivity contribution is 0.0687. The van der Waals surface area contributed by atoms with E-state index >= 15 is 0 Å². The van der Waals surface area contributed by atoms with Gasteiger partial charge < -0.3 is 19.4 Å². The van der Waals surface area contributed by atoms with Gasteiger partial charge in [-0.15, -0.1) is 0 Å². The van der Waals surface area contributed by atoms with Gasteiger partial charge >= 0.3 is 0 Å². The Morgan fingerprint density at radius 3 is 2.51 bits per heavy atom. The van der Waals surface area contributed by atoms with Gasteiger partial charge in [0, 0.05) is 23.1 Å². The largest absolute Gasteiger partial charge is 0.497 e. The van der Waals surface area contributed by atoms with Crippen molar-refractivity contribution >= 4 is 28.4 Å². The highest BCUT2D eigenvalue weighted by atomic mass is 35.5. The van der Waals surface area contributed by atoms with Crippen LogP contribution in [-0.2, 0) is 13.0 Å². The number of halogens is 2. The Kier molecular flexibility index (Phi) is 6.71. The van der Waals surface area contributed by atoms with Crippen LogP contribution in [0.15, 0.2) is 91.0 Å². The third-order valence-electron chi connectivity index (χ3n) is 7.22. The van der Waals surface area contributed by atoms with Gasteiger partial charge in [-0.3, -0.25) is 4.79 Å². The van der Waals surface area contributed by atoms with Crippen LogP contribution in [0.3, 0.4) is 0 Å². The fraction of sp³-hybridized carbons (Fsp3) is 0.156. The monoisotopic (exact) mass is 540 g/mol. The van der Waals surface area contributed by atoms with Crippen molar-refractivity contribution in [2.45, 2.75) is 19.1 Å². The minimum atomic E-state index is -0.636. The summed E-state index contributed by atoms with van der Waals surface area (Å²) >= 11 is 6.32. The topological polar surface area (TPSA) is 54.6 Å². The Labute approximate surface area is 230 Å². The molecule has 5 nitrogen and oxygen atoms in total. The van der Waals surface area contributed by atoms with Crippen molar-refractivity contribution in [3.8, 4) is 11.5 Å². The second-order valence-electron chi connectivity index (χ2n) is 9.52. The first kappa shape index (κ1) is 25.0. The highest BCUT2D eigenvalue weighted by molar-refractivity contribution is 6.33. The number of hydrogen-bond donors (Lipinski definition) is 1. The smallest absolute Gasteiger partial charge is 0.259 e. The van der Waals surface area contributed by atoms with Crippen molar-refractivity contribution < 1.29 is 18.7 Å². The Morgan fingerprint density at radius 1 is 1.00 bits per heavy atom. The molecule has 1 N–H and O–H groups in total. The van der Waals surface area contributed by atoms with Crippen LogP contribution in [0.25, 0.3) is 10.9 Å². The average molecular weight is 541 g/mol. The van der Waals surface area contributed by atoms with Gasteiger partial charge in [0.05, 0.1) is 23.7 Å². The third-order valence-corrected chi connectivity index (χ3v) is 7.53. The van der Waals surface area contributed by atoms with E-state index in [1.165, 1.54) is 18.2 Å². The third kappa shape index (κ3) is 4.72. The normalized spacial score (nSPS) is 14.7. The predicted octanol–water partition coefficient (Wildman–Crippen LogP) is 7.34. The van der Waals surface area contributed by atoms with Gasteiger partial charge in [0.25, 0.3) is 5.91 Å². The molecule has 0 spiro atoms. The molecule has 1 amide bonds. The number of ether oxygens (including phenoxy) is 2. The molecule has 0 radical (unpaired) electrons. The van der Waals surface area contributed by atoms with Crippen LogP contribution >= 0.6 is 11.6 Å².